The van der Waals surface area contributed by atoms with Crippen molar-refractivity contribution < 1.29 is 27.9 Å². The number of aliphatic carboxylic acids is 1. The fraction of sp³-hybridized carbons (Fsp3) is 0.800. The van der Waals surface area contributed by atoms with Crippen LogP contribution in [0.5, 0.6) is 0 Å². The van der Waals surface area contributed by atoms with Gasteiger partial charge in [-0.05, 0) is 6.42 Å². The molecule has 1 rings (SSSR count). The fourth-order valence-electron chi connectivity index (χ4n) is 1.64. The quantitative estimate of drug-likeness (QED) is 0.623. The molecule has 0 aliphatic carbocycles. The Labute approximate surface area is 111 Å². The smallest absolute Gasteiger partial charge is 0.329 e. The lowest BCUT2D eigenvalue weighted by molar-refractivity contribution is -0.142. The normalized spacial score (nSPS) is 18.6. The van der Waals surface area contributed by atoms with Gasteiger partial charge in [0.15, 0.2) is 9.84 Å². The first kappa shape index (κ1) is 15.7. The summed E-state index contributed by atoms with van der Waals surface area (Å²) < 4.78 is 27.5. The molecule has 0 spiro atoms. The van der Waals surface area contributed by atoms with Crippen LogP contribution in [-0.4, -0.2) is 74.8 Å². The van der Waals surface area contributed by atoms with Gasteiger partial charge in [0.25, 0.3) is 0 Å². The van der Waals surface area contributed by atoms with E-state index in [9.17, 15) is 18.0 Å². The van der Waals surface area contributed by atoms with Crippen LogP contribution in [0.4, 0.5) is 4.79 Å². The van der Waals surface area contributed by atoms with Gasteiger partial charge >= 0.3 is 12.0 Å². The van der Waals surface area contributed by atoms with E-state index in [1.165, 1.54) is 4.90 Å². The topological polar surface area (TPSA) is 113 Å². The first-order valence-electron chi connectivity index (χ1n) is 5.93. The number of carboxylic acids is 1. The molecule has 0 unspecified atom stereocenters. The molecule has 0 radical (unpaired) electrons. The van der Waals surface area contributed by atoms with Crippen LogP contribution >= 0.6 is 0 Å². The zero-order valence-electron chi connectivity index (χ0n) is 10.5. The summed E-state index contributed by atoms with van der Waals surface area (Å²) >= 11 is 0. The molecule has 0 saturated carbocycles. The van der Waals surface area contributed by atoms with Gasteiger partial charge in [-0.2, -0.15) is 0 Å². The average molecular weight is 294 g/mol. The molecule has 19 heavy (non-hydrogen) atoms. The van der Waals surface area contributed by atoms with Crippen LogP contribution in [0.3, 0.4) is 0 Å². The van der Waals surface area contributed by atoms with E-state index in [0.29, 0.717) is 13.0 Å². The second kappa shape index (κ2) is 7.29. The summed E-state index contributed by atoms with van der Waals surface area (Å²) in [6, 6.07) is -0.351. The zero-order valence-corrected chi connectivity index (χ0v) is 11.3. The van der Waals surface area contributed by atoms with Crippen LogP contribution in [-0.2, 0) is 19.4 Å². The van der Waals surface area contributed by atoms with Crippen molar-refractivity contribution in [3.8, 4) is 0 Å². The van der Waals surface area contributed by atoms with Crippen molar-refractivity contribution in [2.75, 3.05) is 44.4 Å². The minimum absolute atomic E-state index is 0.0179. The molecule has 0 aromatic carbocycles. The molecular weight excluding hydrogens is 276 g/mol. The Hall–Kier alpha value is -1.35. The van der Waals surface area contributed by atoms with E-state index in [1.54, 1.807) is 0 Å². The molecule has 8 nitrogen and oxygen atoms in total. The van der Waals surface area contributed by atoms with Gasteiger partial charge in [-0.3, -0.25) is 0 Å². The van der Waals surface area contributed by atoms with Gasteiger partial charge < -0.3 is 20.1 Å². The van der Waals surface area contributed by atoms with Crippen LogP contribution in [0.2, 0.25) is 0 Å². The van der Waals surface area contributed by atoms with Crippen LogP contribution in [0.25, 0.3) is 0 Å². The summed E-state index contributed by atoms with van der Waals surface area (Å²) in [6.45, 7) is 0.475. The second-order valence-electron chi connectivity index (χ2n) is 4.17. The van der Waals surface area contributed by atoms with E-state index >= 15 is 0 Å². The zero-order chi connectivity index (χ0) is 14.3. The molecule has 110 valence electrons. The van der Waals surface area contributed by atoms with Crippen LogP contribution in [0.15, 0.2) is 0 Å². The molecule has 1 saturated heterocycles. The van der Waals surface area contributed by atoms with Gasteiger partial charge in [0, 0.05) is 19.6 Å². The predicted octanol–water partition coefficient (Wildman–Crippen LogP) is -1.08. The number of carboxylic acid groups (broad SMARTS) is 1. The molecule has 1 heterocycles. The number of ether oxygens (including phenoxy) is 1. The number of urea groups is 1. The summed E-state index contributed by atoms with van der Waals surface area (Å²) in [5, 5.41) is 10.9. The largest absolute Gasteiger partial charge is 0.480 e. The number of amides is 2. The van der Waals surface area contributed by atoms with E-state index in [1.807, 2.05) is 0 Å². The number of sulfone groups is 1. The Balaban J connectivity index is 2.24. The van der Waals surface area contributed by atoms with Crippen molar-refractivity contribution in [2.24, 2.45) is 0 Å². The number of carbonyl (C=O) groups is 2. The highest BCUT2D eigenvalue weighted by Crippen LogP contribution is 2.04. The molecule has 2 N–H and O–H groups in total. The van der Waals surface area contributed by atoms with Crippen LogP contribution in [0.1, 0.15) is 6.42 Å². The molecule has 0 aromatic rings. The Bertz CT molecular complexity index is 422. The molecule has 1 fully saturated rings. The highest BCUT2D eigenvalue weighted by Gasteiger charge is 2.22. The van der Waals surface area contributed by atoms with Gasteiger partial charge in [-0.25, -0.2) is 18.0 Å². The van der Waals surface area contributed by atoms with Gasteiger partial charge in [0.2, 0.25) is 0 Å². The molecule has 9 heteroatoms. The van der Waals surface area contributed by atoms with E-state index in [2.05, 4.69) is 5.32 Å². The van der Waals surface area contributed by atoms with Crippen molar-refractivity contribution in [3.63, 3.8) is 0 Å². The lowest BCUT2D eigenvalue weighted by Gasteiger charge is -2.20. The van der Waals surface area contributed by atoms with E-state index in [4.69, 9.17) is 9.84 Å². The van der Waals surface area contributed by atoms with Crippen molar-refractivity contribution in [3.05, 3.63) is 0 Å². The van der Waals surface area contributed by atoms with E-state index in [0.717, 1.165) is 0 Å². The number of carbonyl (C=O) groups excluding carboxylic acids is 1. The molecule has 0 atom stereocenters. The second-order valence-corrected chi connectivity index (χ2v) is 6.47. The highest BCUT2D eigenvalue weighted by atomic mass is 32.2. The van der Waals surface area contributed by atoms with Gasteiger partial charge in [0.05, 0.1) is 18.1 Å². The van der Waals surface area contributed by atoms with Crippen molar-refractivity contribution in [1.29, 1.82) is 0 Å². The SMILES string of the molecule is O=C(O)COCCNC(=O)N1CCCS(=O)(=O)CC1. The number of rotatable bonds is 5. The lowest BCUT2D eigenvalue weighted by Crippen LogP contribution is -2.42. The Kier molecular flexibility index (Phi) is 6.03. The average Bonchev–Trinajstić information content (AvgIpc) is 2.49. The Morgan fingerprint density at radius 3 is 2.68 bits per heavy atom. The van der Waals surface area contributed by atoms with Gasteiger partial charge in [0.1, 0.15) is 6.61 Å². The number of hydrogen-bond acceptors (Lipinski definition) is 5. The summed E-state index contributed by atoms with van der Waals surface area (Å²) in [6.07, 6.45) is 0.436. The highest BCUT2D eigenvalue weighted by molar-refractivity contribution is 7.91. The molecule has 0 aromatic heterocycles. The molecule has 2 amide bonds. The maximum absolute atomic E-state index is 11.7. The minimum atomic E-state index is -3.04. The number of nitrogens with one attached hydrogen (secondary N) is 1. The van der Waals surface area contributed by atoms with Crippen LogP contribution in [0, 0.1) is 0 Å². The van der Waals surface area contributed by atoms with Gasteiger partial charge in [-0.1, -0.05) is 0 Å². The van der Waals surface area contributed by atoms with Crippen molar-refractivity contribution in [2.45, 2.75) is 6.42 Å². The summed E-state index contributed by atoms with van der Waals surface area (Å²) in [5.41, 5.74) is 0. The van der Waals surface area contributed by atoms with E-state index in [-0.39, 0.29) is 37.2 Å². The Morgan fingerprint density at radius 1 is 1.26 bits per heavy atom. The summed E-state index contributed by atoms with van der Waals surface area (Å²) in [4.78, 5) is 23.3. The maximum atomic E-state index is 11.7. The number of nitrogens with zero attached hydrogens (tertiary/aromatic N) is 1. The summed E-state index contributed by atoms with van der Waals surface area (Å²) in [7, 11) is -3.04. The van der Waals surface area contributed by atoms with Crippen molar-refractivity contribution in [1.82, 2.24) is 10.2 Å². The minimum Gasteiger partial charge on any atom is -0.480 e. The van der Waals surface area contributed by atoms with E-state index < -0.39 is 22.4 Å². The molecule has 1 aliphatic heterocycles. The molecule has 0 bridgehead atoms. The fourth-order valence-corrected chi connectivity index (χ4v) is 2.91. The monoisotopic (exact) mass is 294 g/mol. The first-order valence-corrected chi connectivity index (χ1v) is 7.75. The number of hydrogen-bond donors (Lipinski definition) is 2. The van der Waals surface area contributed by atoms with Crippen LogP contribution < -0.4 is 5.32 Å². The third kappa shape index (κ3) is 6.39. The maximum Gasteiger partial charge on any atom is 0.329 e. The first-order chi connectivity index (χ1) is 8.91. The third-order valence-electron chi connectivity index (χ3n) is 2.59. The third-order valence-corrected chi connectivity index (χ3v) is 4.31. The molecule has 1 aliphatic rings. The lowest BCUT2D eigenvalue weighted by atomic mass is 10.4. The van der Waals surface area contributed by atoms with Crippen molar-refractivity contribution >= 4 is 21.8 Å². The predicted molar refractivity (Wildman–Crippen MR) is 66.7 cm³/mol. The summed E-state index contributed by atoms with van der Waals surface area (Å²) in [5.74, 6) is -0.974. The Morgan fingerprint density at radius 2 is 2.00 bits per heavy atom. The molecular formula is C10H18N2O6S. The standard InChI is InChI=1S/C10H18N2O6S/c13-9(14)8-18-5-2-11-10(15)12-3-1-6-19(16,17)7-4-12/h1-8H2,(H,11,15)(H,13,14). The van der Waals surface area contributed by atoms with Gasteiger partial charge in [-0.15, -0.1) is 0 Å².